The quantitative estimate of drug-likeness (QED) is 0.179. The van der Waals surface area contributed by atoms with E-state index in [1.54, 1.807) is 6.08 Å². The molecule has 192 valence electrons. The smallest absolute Gasteiger partial charge is 0.293 e. The molecule has 1 saturated heterocycles. The second-order valence-corrected chi connectivity index (χ2v) is 11.4. The predicted molar refractivity (Wildman–Crippen MR) is 159 cm³/mol. The molecule has 1 aliphatic rings. The van der Waals surface area contributed by atoms with Crippen LogP contribution in [0.1, 0.15) is 16.7 Å². The van der Waals surface area contributed by atoms with Crippen LogP contribution in [0.15, 0.2) is 92.7 Å². The minimum absolute atomic E-state index is 0.185. The molecule has 4 aromatic rings. The Morgan fingerprint density at radius 2 is 1.63 bits per heavy atom. The van der Waals surface area contributed by atoms with Crippen molar-refractivity contribution in [3.05, 3.63) is 109 Å². The third kappa shape index (κ3) is 5.98. The Morgan fingerprint density at radius 1 is 0.895 bits per heavy atom. The summed E-state index contributed by atoms with van der Waals surface area (Å²) in [6, 6.07) is 25.8. The molecule has 0 N–H and O–H groups in total. The van der Waals surface area contributed by atoms with Gasteiger partial charge in [0.1, 0.15) is 24.7 Å². The van der Waals surface area contributed by atoms with Gasteiger partial charge in [0, 0.05) is 0 Å². The van der Waals surface area contributed by atoms with Gasteiger partial charge in [-0.2, -0.15) is 0 Å². The highest BCUT2D eigenvalue weighted by Crippen LogP contribution is 2.38. The van der Waals surface area contributed by atoms with E-state index >= 15 is 0 Å². The Hall–Kier alpha value is -3.07. The van der Waals surface area contributed by atoms with E-state index in [0.717, 1.165) is 48.2 Å². The van der Waals surface area contributed by atoms with Crippen molar-refractivity contribution >= 4 is 71.6 Å². The number of carbonyl (C=O) groups excluding carboxylic acids is 2. The van der Waals surface area contributed by atoms with Crippen molar-refractivity contribution in [2.45, 2.75) is 13.5 Å². The van der Waals surface area contributed by atoms with Crippen LogP contribution in [-0.4, -0.2) is 29.2 Å². The lowest BCUT2D eigenvalue weighted by Crippen LogP contribution is -2.32. The van der Waals surface area contributed by atoms with Gasteiger partial charge in [0.15, 0.2) is 0 Å². The molecule has 38 heavy (non-hydrogen) atoms. The first-order valence-corrected chi connectivity index (χ1v) is 14.3. The lowest BCUT2D eigenvalue weighted by molar-refractivity contribution is -0.123. The van der Waals surface area contributed by atoms with Gasteiger partial charge in [0.05, 0.1) is 20.4 Å². The van der Waals surface area contributed by atoms with Gasteiger partial charge in [0.25, 0.3) is 11.1 Å². The molecule has 0 bridgehead atoms. The molecule has 5 rings (SSSR count). The molecule has 0 spiro atoms. The first-order valence-electron chi connectivity index (χ1n) is 11.9. The molecule has 0 unspecified atom stereocenters. The molecule has 2 amide bonds. The number of hydrogen-bond donors (Lipinski definition) is 0. The molecule has 0 atom stereocenters. The average molecular weight is 653 g/mol. The third-order valence-corrected chi connectivity index (χ3v) is 8.10. The number of fused-ring (bicyclic) bond motifs is 1. The van der Waals surface area contributed by atoms with Crippen LogP contribution < -0.4 is 9.47 Å². The molecule has 1 fully saturated rings. The highest BCUT2D eigenvalue weighted by Gasteiger charge is 2.34. The Kier molecular flexibility index (Phi) is 8.21. The van der Waals surface area contributed by atoms with Gasteiger partial charge in [-0.3, -0.25) is 14.5 Å². The number of amides is 2. The zero-order valence-corrected chi connectivity index (χ0v) is 24.4. The molecular formula is C30H23Br2NO4S. The fourth-order valence-corrected chi connectivity index (χ4v) is 6.49. The SMILES string of the molecule is Cc1cccc(OCCN2C(=O)S/C(=C\c3cc(Br)c(OCc4cccc5ccccc45)c(Br)c3)C2=O)c1. The first-order chi connectivity index (χ1) is 18.4. The number of aryl methyl sites for hydroxylation is 1. The molecule has 8 heteroatoms. The molecule has 0 saturated carbocycles. The van der Waals surface area contributed by atoms with Gasteiger partial charge in [-0.05, 0) is 108 Å². The summed E-state index contributed by atoms with van der Waals surface area (Å²) in [5, 5.41) is 2.01. The maximum absolute atomic E-state index is 12.9. The number of thioether (sulfide) groups is 1. The van der Waals surface area contributed by atoms with Crippen LogP contribution in [0, 0.1) is 6.92 Å². The summed E-state index contributed by atoms with van der Waals surface area (Å²) in [5.74, 6) is 1.05. The van der Waals surface area contributed by atoms with E-state index in [0.29, 0.717) is 23.0 Å². The number of hydrogen-bond acceptors (Lipinski definition) is 5. The molecule has 5 nitrogen and oxygen atoms in total. The largest absolute Gasteiger partial charge is 0.492 e. The number of ether oxygens (including phenoxy) is 2. The zero-order valence-electron chi connectivity index (χ0n) is 20.4. The van der Waals surface area contributed by atoms with Gasteiger partial charge >= 0.3 is 0 Å². The molecule has 4 aromatic carbocycles. The third-order valence-electron chi connectivity index (χ3n) is 6.02. The van der Waals surface area contributed by atoms with Gasteiger partial charge in [0.2, 0.25) is 0 Å². The molecular weight excluding hydrogens is 630 g/mol. The van der Waals surface area contributed by atoms with Crippen molar-refractivity contribution in [1.29, 1.82) is 0 Å². The second kappa shape index (κ2) is 11.8. The minimum Gasteiger partial charge on any atom is -0.492 e. The zero-order chi connectivity index (χ0) is 26.6. The number of imide groups is 1. The summed E-state index contributed by atoms with van der Waals surface area (Å²) in [7, 11) is 0. The van der Waals surface area contributed by atoms with Crippen LogP contribution in [0.25, 0.3) is 16.8 Å². The van der Waals surface area contributed by atoms with Crippen LogP contribution in [0.3, 0.4) is 0 Å². The van der Waals surface area contributed by atoms with Crippen LogP contribution in [0.4, 0.5) is 4.79 Å². The molecule has 1 heterocycles. The maximum Gasteiger partial charge on any atom is 0.293 e. The van der Waals surface area contributed by atoms with E-state index in [1.807, 2.05) is 61.5 Å². The number of carbonyl (C=O) groups is 2. The van der Waals surface area contributed by atoms with Crippen LogP contribution in [0.2, 0.25) is 0 Å². The Labute approximate surface area is 242 Å². The van der Waals surface area contributed by atoms with E-state index in [2.05, 4.69) is 56.1 Å². The number of benzene rings is 4. The monoisotopic (exact) mass is 651 g/mol. The molecule has 1 aliphatic heterocycles. The van der Waals surface area contributed by atoms with Gasteiger partial charge in [-0.25, -0.2) is 0 Å². The van der Waals surface area contributed by atoms with Crippen LogP contribution >= 0.6 is 43.6 Å². The fraction of sp³-hybridized carbons (Fsp3) is 0.133. The summed E-state index contributed by atoms with van der Waals surface area (Å²) in [6.07, 6.45) is 1.72. The summed E-state index contributed by atoms with van der Waals surface area (Å²) in [4.78, 5) is 27.0. The second-order valence-electron chi connectivity index (χ2n) is 8.74. The first kappa shape index (κ1) is 26.5. The Bertz CT molecular complexity index is 1540. The highest BCUT2D eigenvalue weighted by molar-refractivity contribution is 9.11. The lowest BCUT2D eigenvalue weighted by atomic mass is 10.1. The van der Waals surface area contributed by atoms with Crippen molar-refractivity contribution in [3.63, 3.8) is 0 Å². The summed E-state index contributed by atoms with van der Waals surface area (Å²) in [6.45, 7) is 2.80. The van der Waals surface area contributed by atoms with Crippen molar-refractivity contribution in [1.82, 2.24) is 4.90 Å². The van der Waals surface area contributed by atoms with E-state index in [9.17, 15) is 9.59 Å². The summed E-state index contributed by atoms with van der Waals surface area (Å²) in [5.41, 5.74) is 2.94. The van der Waals surface area contributed by atoms with E-state index in [-0.39, 0.29) is 24.3 Å². The summed E-state index contributed by atoms with van der Waals surface area (Å²) < 4.78 is 13.4. The van der Waals surface area contributed by atoms with Gasteiger partial charge < -0.3 is 9.47 Å². The van der Waals surface area contributed by atoms with E-state index in [4.69, 9.17) is 9.47 Å². The van der Waals surface area contributed by atoms with Gasteiger partial charge in [-0.15, -0.1) is 0 Å². The van der Waals surface area contributed by atoms with Crippen LogP contribution in [-0.2, 0) is 11.4 Å². The average Bonchev–Trinajstić information content (AvgIpc) is 3.15. The molecule has 0 aliphatic carbocycles. The molecule has 0 aromatic heterocycles. The standard InChI is InChI=1S/C30H23Br2NO4S/c1-19-6-4-10-23(14-19)36-13-12-33-29(34)27(38-30(33)35)17-20-15-25(31)28(26(32)16-20)37-18-22-9-5-8-21-7-2-3-11-24(21)22/h2-11,14-17H,12-13,18H2,1H3/b27-17-. The number of halogens is 2. The highest BCUT2D eigenvalue weighted by atomic mass is 79.9. The topological polar surface area (TPSA) is 55.8 Å². The summed E-state index contributed by atoms with van der Waals surface area (Å²) >= 11 is 8.13. The van der Waals surface area contributed by atoms with Crippen molar-refractivity contribution in [2.24, 2.45) is 0 Å². The Morgan fingerprint density at radius 3 is 2.42 bits per heavy atom. The maximum atomic E-state index is 12.9. The van der Waals surface area contributed by atoms with E-state index < -0.39 is 0 Å². The van der Waals surface area contributed by atoms with Crippen molar-refractivity contribution in [2.75, 3.05) is 13.2 Å². The van der Waals surface area contributed by atoms with Gasteiger partial charge in [-0.1, -0.05) is 54.6 Å². The number of nitrogens with zero attached hydrogens (tertiary/aromatic N) is 1. The van der Waals surface area contributed by atoms with Crippen molar-refractivity contribution < 1.29 is 19.1 Å². The Balaban J connectivity index is 1.26. The normalized spacial score (nSPS) is 14.5. The van der Waals surface area contributed by atoms with Crippen LogP contribution in [0.5, 0.6) is 11.5 Å². The fourth-order valence-electron chi connectivity index (χ4n) is 4.17. The predicted octanol–water partition coefficient (Wildman–Crippen LogP) is 8.37. The molecule has 0 radical (unpaired) electrons. The number of rotatable bonds is 8. The lowest BCUT2D eigenvalue weighted by Gasteiger charge is -2.14. The minimum atomic E-state index is -0.323. The van der Waals surface area contributed by atoms with E-state index in [1.165, 1.54) is 4.90 Å². The van der Waals surface area contributed by atoms with Crippen molar-refractivity contribution in [3.8, 4) is 11.5 Å².